The zero-order valence-corrected chi connectivity index (χ0v) is 13.0. The Balaban J connectivity index is 2.09. The van der Waals surface area contributed by atoms with Crippen LogP contribution in [0.4, 0.5) is 0 Å². The lowest BCUT2D eigenvalue weighted by Gasteiger charge is -2.39. The molecule has 1 saturated heterocycles. The fourth-order valence-corrected chi connectivity index (χ4v) is 2.51. The number of esters is 1. The summed E-state index contributed by atoms with van der Waals surface area (Å²) in [4.78, 5) is 25.0. The lowest BCUT2D eigenvalue weighted by Crippen LogP contribution is -2.58. The molecule has 1 rings (SSSR count). The molecule has 1 heterocycles. The van der Waals surface area contributed by atoms with E-state index in [1.807, 2.05) is 4.90 Å². The van der Waals surface area contributed by atoms with Gasteiger partial charge in [-0.25, -0.2) is 0 Å². The van der Waals surface area contributed by atoms with E-state index < -0.39 is 0 Å². The number of unbranched alkanes of at least 4 members (excludes halogenated alkanes) is 3. The maximum absolute atomic E-state index is 12.1. The van der Waals surface area contributed by atoms with E-state index >= 15 is 0 Å². The van der Waals surface area contributed by atoms with Crippen molar-refractivity contribution in [1.29, 1.82) is 0 Å². The van der Waals surface area contributed by atoms with E-state index in [4.69, 9.17) is 0 Å². The number of carbonyl (C=O) groups excluding carboxylic acids is 2. The van der Waals surface area contributed by atoms with Crippen LogP contribution in [0.25, 0.3) is 0 Å². The van der Waals surface area contributed by atoms with Gasteiger partial charge in [0.2, 0.25) is 5.91 Å². The summed E-state index contributed by atoms with van der Waals surface area (Å²) in [5.74, 6) is 0.108. The highest BCUT2D eigenvalue weighted by Gasteiger charge is 2.27. The summed E-state index contributed by atoms with van der Waals surface area (Å²) in [5, 5.41) is 3.41. The summed E-state index contributed by atoms with van der Waals surface area (Å²) >= 11 is 0. The maximum atomic E-state index is 12.1. The van der Waals surface area contributed by atoms with Crippen molar-refractivity contribution >= 4 is 11.9 Å². The first kappa shape index (κ1) is 17.0. The van der Waals surface area contributed by atoms with Crippen LogP contribution in [0.3, 0.4) is 0 Å². The third kappa shape index (κ3) is 6.37. The summed E-state index contributed by atoms with van der Waals surface area (Å²) < 4.78 is 4.59. The second kappa shape index (κ2) is 8.25. The summed E-state index contributed by atoms with van der Waals surface area (Å²) in [6.45, 7) is 6.72. The first-order valence-electron chi connectivity index (χ1n) is 7.54. The third-order valence-electron chi connectivity index (χ3n) is 3.67. The first-order chi connectivity index (χ1) is 9.44. The Kier molecular flexibility index (Phi) is 6.99. The van der Waals surface area contributed by atoms with Crippen LogP contribution in [0.1, 0.15) is 52.4 Å². The molecule has 0 atom stereocenters. The predicted octanol–water partition coefficient (Wildman–Crippen LogP) is 1.71. The van der Waals surface area contributed by atoms with Gasteiger partial charge in [-0.2, -0.15) is 0 Å². The number of carbonyl (C=O) groups is 2. The Hall–Kier alpha value is -1.10. The molecule has 0 bridgehead atoms. The molecule has 1 N–H and O–H groups in total. The van der Waals surface area contributed by atoms with Crippen molar-refractivity contribution in [3.8, 4) is 0 Å². The van der Waals surface area contributed by atoms with Gasteiger partial charge in [0.05, 0.1) is 7.11 Å². The number of amides is 1. The minimum absolute atomic E-state index is 0.0222. The number of nitrogens with one attached hydrogen (secondary N) is 1. The second-order valence-electron chi connectivity index (χ2n) is 6.12. The van der Waals surface area contributed by atoms with Gasteiger partial charge in [-0.1, -0.05) is 12.8 Å². The number of rotatable bonds is 7. The third-order valence-corrected chi connectivity index (χ3v) is 3.67. The summed E-state index contributed by atoms with van der Waals surface area (Å²) in [6.07, 6.45) is 4.84. The molecule has 5 heteroatoms. The summed E-state index contributed by atoms with van der Waals surface area (Å²) in [7, 11) is 1.41. The van der Waals surface area contributed by atoms with Crippen LogP contribution in [0.5, 0.6) is 0 Å². The van der Waals surface area contributed by atoms with Gasteiger partial charge in [0.1, 0.15) is 0 Å². The van der Waals surface area contributed by atoms with Crippen molar-refractivity contribution in [3.05, 3.63) is 0 Å². The highest BCUT2D eigenvalue weighted by molar-refractivity contribution is 5.76. The number of hydrogen-bond donors (Lipinski definition) is 1. The molecule has 5 nitrogen and oxygen atoms in total. The zero-order chi connectivity index (χ0) is 15.0. The zero-order valence-electron chi connectivity index (χ0n) is 13.0. The predicted molar refractivity (Wildman–Crippen MR) is 78.4 cm³/mol. The smallest absolute Gasteiger partial charge is 0.305 e. The molecular formula is C15H28N2O3. The number of ether oxygens (including phenoxy) is 1. The van der Waals surface area contributed by atoms with Crippen LogP contribution in [0.15, 0.2) is 0 Å². The van der Waals surface area contributed by atoms with Crippen molar-refractivity contribution in [1.82, 2.24) is 10.2 Å². The SMILES string of the molecule is COC(=O)CCCCCCC(=O)N1CCNC(C)(C)C1. The van der Waals surface area contributed by atoms with Crippen LogP contribution in [-0.2, 0) is 14.3 Å². The maximum Gasteiger partial charge on any atom is 0.305 e. The lowest BCUT2D eigenvalue weighted by atomic mass is 10.0. The molecule has 116 valence electrons. The van der Waals surface area contributed by atoms with Gasteiger partial charge in [0.15, 0.2) is 0 Å². The average molecular weight is 284 g/mol. The minimum Gasteiger partial charge on any atom is -0.469 e. The molecule has 0 aromatic heterocycles. The van der Waals surface area contributed by atoms with Gasteiger partial charge < -0.3 is 15.0 Å². The van der Waals surface area contributed by atoms with Crippen molar-refractivity contribution in [3.63, 3.8) is 0 Å². The molecule has 0 aromatic rings. The Morgan fingerprint density at radius 3 is 2.40 bits per heavy atom. The van der Waals surface area contributed by atoms with Crippen LogP contribution >= 0.6 is 0 Å². The van der Waals surface area contributed by atoms with Gasteiger partial charge in [-0.05, 0) is 26.7 Å². The molecule has 0 aliphatic carbocycles. The Bertz CT molecular complexity index is 329. The first-order valence-corrected chi connectivity index (χ1v) is 7.54. The average Bonchev–Trinajstić information content (AvgIpc) is 2.40. The second-order valence-corrected chi connectivity index (χ2v) is 6.12. The molecule has 0 unspecified atom stereocenters. The Labute approximate surface area is 122 Å². The quantitative estimate of drug-likeness (QED) is 0.571. The Morgan fingerprint density at radius 1 is 1.15 bits per heavy atom. The highest BCUT2D eigenvalue weighted by Crippen LogP contribution is 2.13. The number of nitrogens with zero attached hydrogens (tertiary/aromatic N) is 1. The molecule has 1 amide bonds. The normalized spacial score (nSPS) is 17.9. The van der Waals surface area contributed by atoms with E-state index in [0.29, 0.717) is 12.8 Å². The molecule has 0 saturated carbocycles. The van der Waals surface area contributed by atoms with Gasteiger partial charge in [-0.15, -0.1) is 0 Å². The van der Waals surface area contributed by atoms with E-state index in [1.165, 1.54) is 7.11 Å². The minimum atomic E-state index is -0.149. The van der Waals surface area contributed by atoms with E-state index in [0.717, 1.165) is 45.3 Å². The fourth-order valence-electron chi connectivity index (χ4n) is 2.51. The van der Waals surface area contributed by atoms with Gasteiger partial charge in [-0.3, -0.25) is 9.59 Å². The number of piperazine rings is 1. The molecule has 0 aromatic carbocycles. The summed E-state index contributed by atoms with van der Waals surface area (Å²) in [5.41, 5.74) is 0.0222. The molecule has 0 radical (unpaired) electrons. The molecule has 1 aliphatic rings. The van der Waals surface area contributed by atoms with Crippen molar-refractivity contribution in [2.75, 3.05) is 26.7 Å². The van der Waals surface area contributed by atoms with Crippen molar-refractivity contribution in [2.45, 2.75) is 57.9 Å². The van der Waals surface area contributed by atoms with E-state index in [9.17, 15) is 9.59 Å². The molecule has 20 heavy (non-hydrogen) atoms. The molecule has 1 fully saturated rings. The largest absolute Gasteiger partial charge is 0.469 e. The van der Waals surface area contributed by atoms with Crippen molar-refractivity contribution < 1.29 is 14.3 Å². The number of methoxy groups -OCH3 is 1. The molecule has 0 spiro atoms. The van der Waals surface area contributed by atoms with Crippen LogP contribution < -0.4 is 5.32 Å². The van der Waals surface area contributed by atoms with Crippen molar-refractivity contribution in [2.24, 2.45) is 0 Å². The molecular weight excluding hydrogens is 256 g/mol. The summed E-state index contributed by atoms with van der Waals surface area (Å²) in [6, 6.07) is 0. The Morgan fingerprint density at radius 2 is 1.80 bits per heavy atom. The van der Waals surface area contributed by atoms with Crippen LogP contribution in [-0.4, -0.2) is 49.1 Å². The monoisotopic (exact) mass is 284 g/mol. The van der Waals surface area contributed by atoms with E-state index in [-0.39, 0.29) is 17.4 Å². The van der Waals surface area contributed by atoms with E-state index in [2.05, 4.69) is 23.9 Å². The van der Waals surface area contributed by atoms with Gasteiger partial charge in [0.25, 0.3) is 0 Å². The van der Waals surface area contributed by atoms with Crippen LogP contribution in [0.2, 0.25) is 0 Å². The fraction of sp³-hybridized carbons (Fsp3) is 0.867. The topological polar surface area (TPSA) is 58.6 Å². The van der Waals surface area contributed by atoms with E-state index in [1.54, 1.807) is 0 Å². The lowest BCUT2D eigenvalue weighted by molar-refractivity contribution is -0.140. The van der Waals surface area contributed by atoms with Gasteiger partial charge >= 0.3 is 5.97 Å². The standard InChI is InChI=1S/C15H28N2O3/c1-15(2)12-17(11-10-16-15)13(18)8-6-4-5-7-9-14(19)20-3/h16H,4-12H2,1-3H3. The molecule has 1 aliphatic heterocycles. The van der Waals surface area contributed by atoms with Crippen LogP contribution in [0, 0.1) is 0 Å². The van der Waals surface area contributed by atoms with Gasteiger partial charge in [0, 0.05) is 38.0 Å². The highest BCUT2D eigenvalue weighted by atomic mass is 16.5. The number of hydrogen-bond acceptors (Lipinski definition) is 4.